The molecular weight excluding hydrogens is 441 g/mol. The van der Waals surface area contributed by atoms with Crippen molar-refractivity contribution in [2.24, 2.45) is 0 Å². The number of nitrogens with zero attached hydrogens (tertiary/aromatic N) is 4. The Bertz CT molecular complexity index is 1420. The summed E-state index contributed by atoms with van der Waals surface area (Å²) in [5.41, 5.74) is 3.28. The molecule has 0 aliphatic heterocycles. The number of halogens is 1. The van der Waals surface area contributed by atoms with E-state index in [4.69, 9.17) is 0 Å². The molecule has 1 atom stereocenters. The zero-order valence-electron chi connectivity index (χ0n) is 17.8. The molecule has 0 fully saturated rings. The van der Waals surface area contributed by atoms with Crippen molar-refractivity contribution in [1.82, 2.24) is 29.9 Å². The average Bonchev–Trinajstić information content (AvgIpc) is 3.55. The molecule has 0 saturated carbocycles. The highest BCUT2D eigenvalue weighted by Crippen LogP contribution is 2.32. The Labute approximate surface area is 192 Å². The summed E-state index contributed by atoms with van der Waals surface area (Å²) >= 11 is 1.65. The second-order valence-corrected chi connectivity index (χ2v) is 8.88. The number of aryl methyl sites for hydroxylation is 1. The second kappa shape index (κ2) is 8.47. The highest BCUT2D eigenvalue weighted by atomic mass is 32.1. The Kier molecular flexibility index (Phi) is 5.35. The van der Waals surface area contributed by atoms with E-state index in [0.717, 1.165) is 10.6 Å². The topological polar surface area (TPSA) is 100 Å². The molecule has 0 aliphatic rings. The Morgan fingerprint density at radius 1 is 1.18 bits per heavy atom. The van der Waals surface area contributed by atoms with Gasteiger partial charge in [0, 0.05) is 16.8 Å². The highest BCUT2D eigenvalue weighted by Gasteiger charge is 2.18. The molecular formula is C23H20FN7OS. The lowest BCUT2D eigenvalue weighted by molar-refractivity contribution is 0.0938. The zero-order chi connectivity index (χ0) is 22.9. The van der Waals surface area contributed by atoms with Crippen LogP contribution in [0.3, 0.4) is 0 Å². The largest absolute Gasteiger partial charge is 0.352 e. The van der Waals surface area contributed by atoms with E-state index in [-0.39, 0.29) is 17.8 Å². The number of fused-ring (bicyclic) bond motifs is 1. The third-order valence-electron chi connectivity index (χ3n) is 5.18. The lowest BCUT2D eigenvalue weighted by Crippen LogP contribution is -2.27. The molecule has 33 heavy (non-hydrogen) atoms. The maximum atomic E-state index is 13.4. The van der Waals surface area contributed by atoms with Gasteiger partial charge in [-0.2, -0.15) is 5.10 Å². The number of benzene rings is 1. The molecule has 10 heteroatoms. The molecule has 0 bridgehead atoms. The minimum atomic E-state index is -0.355. The lowest BCUT2D eigenvalue weighted by atomic mass is 10.2. The van der Waals surface area contributed by atoms with Gasteiger partial charge in [0.05, 0.1) is 34.1 Å². The van der Waals surface area contributed by atoms with Crippen LogP contribution in [0.4, 0.5) is 15.8 Å². The van der Waals surface area contributed by atoms with Crippen molar-refractivity contribution >= 4 is 34.3 Å². The van der Waals surface area contributed by atoms with Crippen LogP contribution in [0.5, 0.6) is 0 Å². The first-order valence-electron chi connectivity index (χ1n) is 10.2. The number of pyridine rings is 1. The van der Waals surface area contributed by atoms with Crippen molar-refractivity contribution in [1.29, 1.82) is 0 Å². The summed E-state index contributed by atoms with van der Waals surface area (Å²) in [6.45, 7) is 3.87. The molecule has 5 rings (SSSR count). The van der Waals surface area contributed by atoms with Gasteiger partial charge in [0.1, 0.15) is 18.0 Å². The van der Waals surface area contributed by atoms with Crippen molar-refractivity contribution < 1.29 is 9.18 Å². The third-order valence-corrected chi connectivity index (χ3v) is 6.20. The Hall–Kier alpha value is -4.05. The van der Waals surface area contributed by atoms with Crippen LogP contribution in [0.25, 0.3) is 16.2 Å². The van der Waals surface area contributed by atoms with Gasteiger partial charge >= 0.3 is 0 Å². The summed E-state index contributed by atoms with van der Waals surface area (Å²) in [4.78, 5) is 24.1. The fourth-order valence-electron chi connectivity index (χ4n) is 3.52. The molecule has 0 aliphatic carbocycles. The van der Waals surface area contributed by atoms with Crippen LogP contribution in [0.15, 0.2) is 61.2 Å². The summed E-state index contributed by atoms with van der Waals surface area (Å²) in [5.74, 6) is -0.0344. The van der Waals surface area contributed by atoms with Crippen molar-refractivity contribution in [3.8, 4) is 10.6 Å². The fourth-order valence-corrected chi connectivity index (χ4v) is 4.39. The number of amides is 1. The molecule has 166 valence electrons. The van der Waals surface area contributed by atoms with E-state index < -0.39 is 0 Å². The molecule has 4 aromatic heterocycles. The Balaban J connectivity index is 1.57. The number of rotatable bonds is 6. The number of aromatic nitrogens is 5. The summed E-state index contributed by atoms with van der Waals surface area (Å²) in [7, 11) is 0. The zero-order valence-corrected chi connectivity index (χ0v) is 18.7. The number of carbonyl (C=O) groups excluding carboxylic acids is 1. The van der Waals surface area contributed by atoms with Gasteiger partial charge in [0.15, 0.2) is 5.65 Å². The maximum absolute atomic E-state index is 13.4. The minimum Gasteiger partial charge on any atom is -0.352 e. The average molecular weight is 462 g/mol. The quantitative estimate of drug-likeness (QED) is 0.335. The summed E-state index contributed by atoms with van der Waals surface area (Å²) < 4.78 is 15.3. The number of imidazole rings is 1. The molecule has 5 aromatic rings. The Morgan fingerprint density at radius 3 is 2.70 bits per heavy atom. The van der Waals surface area contributed by atoms with Crippen molar-refractivity contribution in [2.75, 3.05) is 5.32 Å². The SMILES string of the molecule is Cc1ccc(-c2cnc3c(Nc4ccc(F)cc4)cc(C(=O)NC(C)c4ncn[nH]4)cn23)s1. The van der Waals surface area contributed by atoms with Gasteiger partial charge in [-0.1, -0.05) is 0 Å². The number of H-pyrrole nitrogens is 1. The number of aromatic amines is 1. The molecule has 0 spiro atoms. The van der Waals surface area contributed by atoms with Gasteiger partial charge in [-0.3, -0.25) is 14.3 Å². The van der Waals surface area contributed by atoms with Gasteiger partial charge in [0.2, 0.25) is 0 Å². The van der Waals surface area contributed by atoms with E-state index in [1.54, 1.807) is 41.9 Å². The van der Waals surface area contributed by atoms with Gasteiger partial charge < -0.3 is 10.6 Å². The maximum Gasteiger partial charge on any atom is 0.253 e. The van der Waals surface area contributed by atoms with Crippen LogP contribution in [0, 0.1) is 12.7 Å². The van der Waals surface area contributed by atoms with E-state index in [2.05, 4.69) is 30.8 Å². The number of anilines is 2. The van der Waals surface area contributed by atoms with Crippen molar-refractivity contribution in [3.05, 3.63) is 83.3 Å². The number of hydrogen-bond acceptors (Lipinski definition) is 6. The summed E-state index contributed by atoms with van der Waals surface area (Å²) in [6, 6.07) is 11.5. The van der Waals surface area contributed by atoms with Crippen molar-refractivity contribution in [3.63, 3.8) is 0 Å². The first-order chi connectivity index (χ1) is 16.0. The normalized spacial score (nSPS) is 12.1. The number of hydrogen-bond donors (Lipinski definition) is 3. The van der Waals surface area contributed by atoms with Crippen LogP contribution in [0.1, 0.15) is 34.0 Å². The van der Waals surface area contributed by atoms with Crippen LogP contribution in [0.2, 0.25) is 0 Å². The van der Waals surface area contributed by atoms with Crippen LogP contribution >= 0.6 is 11.3 Å². The number of thiophene rings is 1. The summed E-state index contributed by atoms with van der Waals surface area (Å²) in [5, 5.41) is 12.8. The predicted octanol–water partition coefficient (Wildman–Crippen LogP) is 4.86. The lowest BCUT2D eigenvalue weighted by Gasteiger charge is -2.14. The van der Waals surface area contributed by atoms with Gasteiger partial charge in [-0.25, -0.2) is 14.4 Å². The molecule has 1 aromatic carbocycles. The molecule has 0 saturated heterocycles. The fraction of sp³-hybridized carbons (Fsp3) is 0.130. The predicted molar refractivity (Wildman–Crippen MR) is 125 cm³/mol. The number of carbonyl (C=O) groups is 1. The first-order valence-corrected chi connectivity index (χ1v) is 11.1. The molecule has 1 amide bonds. The van der Waals surface area contributed by atoms with Crippen LogP contribution < -0.4 is 10.6 Å². The van der Waals surface area contributed by atoms with Crippen LogP contribution in [-0.4, -0.2) is 30.5 Å². The van der Waals surface area contributed by atoms with E-state index >= 15 is 0 Å². The molecule has 3 N–H and O–H groups in total. The number of nitrogens with one attached hydrogen (secondary N) is 3. The molecule has 4 heterocycles. The molecule has 0 radical (unpaired) electrons. The van der Waals surface area contributed by atoms with Gasteiger partial charge in [0.25, 0.3) is 5.91 Å². The standard InChI is InChI=1S/C23H20FN7OS/c1-13-3-8-20(33-13)19-10-25-22-18(29-17-6-4-16(24)5-7-17)9-15(11-31(19)22)23(32)28-14(2)21-26-12-27-30-21/h3-12,14,29H,1-2H3,(H,28,32)(H,26,27,30). The molecule has 8 nitrogen and oxygen atoms in total. The minimum absolute atomic E-state index is 0.273. The first kappa shape index (κ1) is 20.8. The van der Waals surface area contributed by atoms with E-state index in [9.17, 15) is 9.18 Å². The van der Waals surface area contributed by atoms with Gasteiger partial charge in [-0.05, 0) is 56.3 Å². The Morgan fingerprint density at radius 2 is 2.00 bits per heavy atom. The van der Waals surface area contributed by atoms with E-state index in [0.29, 0.717) is 28.4 Å². The highest BCUT2D eigenvalue weighted by molar-refractivity contribution is 7.15. The second-order valence-electron chi connectivity index (χ2n) is 7.59. The summed E-state index contributed by atoms with van der Waals surface area (Å²) in [6.07, 6.45) is 4.95. The van der Waals surface area contributed by atoms with E-state index in [1.165, 1.54) is 23.3 Å². The smallest absolute Gasteiger partial charge is 0.253 e. The van der Waals surface area contributed by atoms with E-state index in [1.807, 2.05) is 30.4 Å². The molecule has 1 unspecified atom stereocenters. The third kappa shape index (κ3) is 4.20. The monoisotopic (exact) mass is 461 g/mol. The van der Waals surface area contributed by atoms with Crippen LogP contribution in [-0.2, 0) is 0 Å². The van der Waals surface area contributed by atoms with Gasteiger partial charge in [-0.15, -0.1) is 11.3 Å². The van der Waals surface area contributed by atoms with Crippen molar-refractivity contribution in [2.45, 2.75) is 19.9 Å².